The van der Waals surface area contributed by atoms with E-state index in [1.165, 1.54) is 0 Å². The number of carbonyl (C=O) groups is 1. The summed E-state index contributed by atoms with van der Waals surface area (Å²) in [6.07, 6.45) is 2.15. The van der Waals surface area contributed by atoms with Crippen molar-refractivity contribution in [2.24, 2.45) is 0 Å². The fourth-order valence-corrected chi connectivity index (χ4v) is 2.53. The first-order valence-corrected chi connectivity index (χ1v) is 8.27. The number of aliphatic carboxylic acids is 1. The molecular weight excluding hydrogens is 320 g/mol. The second kappa shape index (κ2) is 14.9. The number of nitriles is 4. The molecule has 0 aliphatic rings. The van der Waals surface area contributed by atoms with E-state index in [0.29, 0.717) is 58.4 Å². The van der Waals surface area contributed by atoms with Crippen LogP contribution in [0.3, 0.4) is 0 Å². The molecule has 1 atom stereocenters. The Bertz CT molecular complexity index is 515. The third kappa shape index (κ3) is 10.7. The Labute approximate surface area is 149 Å². The van der Waals surface area contributed by atoms with Crippen molar-refractivity contribution in [1.82, 2.24) is 9.80 Å². The lowest BCUT2D eigenvalue weighted by Crippen LogP contribution is -2.42. The van der Waals surface area contributed by atoms with Gasteiger partial charge in [0.25, 0.3) is 0 Å². The molecule has 1 N–H and O–H groups in total. The van der Waals surface area contributed by atoms with Crippen LogP contribution in [0.2, 0.25) is 0 Å². The molecule has 0 spiro atoms. The fourth-order valence-electron chi connectivity index (χ4n) is 2.53. The van der Waals surface area contributed by atoms with E-state index in [1.54, 1.807) is 4.90 Å². The van der Waals surface area contributed by atoms with Crippen LogP contribution in [0.15, 0.2) is 0 Å². The smallest absolute Gasteiger partial charge is 0.320 e. The minimum Gasteiger partial charge on any atom is -0.480 e. The molecule has 0 radical (unpaired) electrons. The maximum Gasteiger partial charge on any atom is 0.320 e. The van der Waals surface area contributed by atoms with Crippen LogP contribution in [0.4, 0.5) is 0 Å². The first kappa shape index (κ1) is 22.4. The lowest BCUT2D eigenvalue weighted by atomic mass is 10.1. The number of hydrogen-bond acceptors (Lipinski definition) is 7. The van der Waals surface area contributed by atoms with Gasteiger partial charge in [0.1, 0.15) is 6.04 Å². The highest BCUT2D eigenvalue weighted by Crippen LogP contribution is 2.11. The van der Waals surface area contributed by atoms with E-state index in [4.69, 9.17) is 21.0 Å². The molecule has 0 saturated carbocycles. The Morgan fingerprint density at radius 2 is 1.24 bits per heavy atom. The van der Waals surface area contributed by atoms with Gasteiger partial charge < -0.3 is 10.0 Å². The molecular formula is C17H24N6O2. The van der Waals surface area contributed by atoms with Crippen LogP contribution in [0.25, 0.3) is 0 Å². The molecule has 0 aromatic rings. The summed E-state index contributed by atoms with van der Waals surface area (Å²) in [4.78, 5) is 15.2. The second-order valence-corrected chi connectivity index (χ2v) is 5.51. The molecule has 0 heterocycles. The van der Waals surface area contributed by atoms with Crippen molar-refractivity contribution >= 4 is 5.97 Å². The van der Waals surface area contributed by atoms with Crippen LogP contribution in [-0.4, -0.2) is 59.6 Å². The number of nitrogens with zero attached hydrogens (tertiary/aromatic N) is 6. The van der Waals surface area contributed by atoms with Gasteiger partial charge in [0.15, 0.2) is 0 Å². The van der Waals surface area contributed by atoms with Gasteiger partial charge in [-0.1, -0.05) is 0 Å². The molecule has 0 saturated heterocycles. The standard InChI is InChI=1S/C17H24N6O2/c18-7-2-12-22(13-3-8-19)11-1-6-16(17(24)25)23(14-4-9-20)15-5-10-21/h16H,1-6,11-15H2,(H,24,25). The molecule has 0 aliphatic heterocycles. The summed E-state index contributed by atoms with van der Waals surface area (Å²) in [6.45, 7) is 2.37. The Kier molecular flexibility index (Phi) is 13.3. The zero-order valence-corrected chi connectivity index (χ0v) is 14.4. The number of carboxylic acids is 1. The Balaban J connectivity index is 4.67. The summed E-state index contributed by atoms with van der Waals surface area (Å²) in [7, 11) is 0. The Morgan fingerprint density at radius 1 is 0.800 bits per heavy atom. The van der Waals surface area contributed by atoms with Crippen molar-refractivity contribution < 1.29 is 9.90 Å². The lowest BCUT2D eigenvalue weighted by Gasteiger charge is -2.28. The predicted octanol–water partition coefficient (Wildman–Crippen LogP) is 1.48. The Morgan fingerprint density at radius 3 is 1.64 bits per heavy atom. The van der Waals surface area contributed by atoms with Gasteiger partial charge in [0.05, 0.1) is 24.3 Å². The van der Waals surface area contributed by atoms with Gasteiger partial charge in [0.2, 0.25) is 0 Å². The molecule has 0 aliphatic carbocycles. The molecule has 8 nitrogen and oxygen atoms in total. The van der Waals surface area contributed by atoms with Crippen molar-refractivity contribution in [3.63, 3.8) is 0 Å². The van der Waals surface area contributed by atoms with Crippen molar-refractivity contribution in [3.8, 4) is 24.3 Å². The van der Waals surface area contributed by atoms with E-state index in [0.717, 1.165) is 0 Å². The maximum atomic E-state index is 11.6. The van der Waals surface area contributed by atoms with Crippen molar-refractivity contribution in [2.75, 3.05) is 32.7 Å². The molecule has 0 aromatic carbocycles. The van der Waals surface area contributed by atoms with Crippen LogP contribution in [-0.2, 0) is 4.79 Å². The van der Waals surface area contributed by atoms with Crippen LogP contribution in [0.1, 0.15) is 38.5 Å². The van der Waals surface area contributed by atoms with Gasteiger partial charge in [-0.25, -0.2) is 0 Å². The number of rotatable bonds is 14. The van der Waals surface area contributed by atoms with Crippen LogP contribution in [0.5, 0.6) is 0 Å². The van der Waals surface area contributed by atoms with Gasteiger partial charge in [-0.05, 0) is 19.4 Å². The lowest BCUT2D eigenvalue weighted by molar-refractivity contribution is -0.143. The van der Waals surface area contributed by atoms with Gasteiger partial charge in [0, 0.05) is 51.9 Å². The summed E-state index contributed by atoms with van der Waals surface area (Å²) >= 11 is 0. The summed E-state index contributed by atoms with van der Waals surface area (Å²) in [5.74, 6) is -0.962. The molecule has 134 valence electrons. The van der Waals surface area contributed by atoms with Crippen LogP contribution in [0, 0.1) is 45.3 Å². The average Bonchev–Trinajstić information content (AvgIpc) is 2.60. The summed E-state index contributed by atoms with van der Waals surface area (Å²) in [6, 6.07) is 7.40. The van der Waals surface area contributed by atoms with E-state index in [1.807, 2.05) is 17.0 Å². The largest absolute Gasteiger partial charge is 0.480 e. The molecule has 8 heteroatoms. The Hall–Kier alpha value is -2.65. The molecule has 0 rings (SSSR count). The van der Waals surface area contributed by atoms with E-state index >= 15 is 0 Å². The fraction of sp³-hybridized carbons (Fsp3) is 0.706. The van der Waals surface area contributed by atoms with E-state index in [9.17, 15) is 9.90 Å². The topological polar surface area (TPSA) is 139 Å². The molecule has 0 amide bonds. The number of carboxylic acid groups (broad SMARTS) is 1. The number of hydrogen-bond donors (Lipinski definition) is 1. The molecule has 0 aromatic heterocycles. The third-order valence-electron chi connectivity index (χ3n) is 3.78. The monoisotopic (exact) mass is 344 g/mol. The van der Waals surface area contributed by atoms with Crippen molar-refractivity contribution in [1.29, 1.82) is 21.0 Å². The quantitative estimate of drug-likeness (QED) is 0.500. The first-order valence-electron chi connectivity index (χ1n) is 8.27. The second-order valence-electron chi connectivity index (χ2n) is 5.51. The first-order chi connectivity index (χ1) is 12.1. The highest BCUT2D eigenvalue weighted by atomic mass is 16.4. The highest BCUT2D eigenvalue weighted by molar-refractivity contribution is 5.73. The predicted molar refractivity (Wildman–Crippen MR) is 89.6 cm³/mol. The molecule has 0 fully saturated rings. The van der Waals surface area contributed by atoms with Crippen LogP contribution >= 0.6 is 0 Å². The summed E-state index contributed by atoms with van der Waals surface area (Å²) < 4.78 is 0. The maximum absolute atomic E-state index is 11.6. The highest BCUT2D eigenvalue weighted by Gasteiger charge is 2.24. The van der Waals surface area contributed by atoms with Crippen molar-refractivity contribution in [2.45, 2.75) is 44.6 Å². The average molecular weight is 344 g/mol. The van der Waals surface area contributed by atoms with E-state index in [2.05, 4.69) is 12.1 Å². The van der Waals surface area contributed by atoms with Crippen molar-refractivity contribution in [3.05, 3.63) is 0 Å². The van der Waals surface area contributed by atoms with Gasteiger partial charge in [-0.3, -0.25) is 9.69 Å². The SMILES string of the molecule is N#CCCN(CCC#N)CCCC(C(=O)O)N(CCC#N)CCC#N. The molecule has 25 heavy (non-hydrogen) atoms. The molecule has 0 bridgehead atoms. The zero-order valence-electron chi connectivity index (χ0n) is 14.4. The molecule has 1 unspecified atom stereocenters. The third-order valence-corrected chi connectivity index (χ3v) is 3.78. The van der Waals surface area contributed by atoms with E-state index in [-0.39, 0.29) is 12.8 Å². The van der Waals surface area contributed by atoms with E-state index < -0.39 is 12.0 Å². The van der Waals surface area contributed by atoms with Gasteiger partial charge in [-0.2, -0.15) is 21.0 Å². The summed E-state index contributed by atoms with van der Waals surface area (Å²) in [5, 5.41) is 44.3. The zero-order chi connectivity index (χ0) is 18.9. The summed E-state index contributed by atoms with van der Waals surface area (Å²) in [5.41, 5.74) is 0. The van der Waals surface area contributed by atoms with Crippen LogP contribution < -0.4 is 0 Å². The van der Waals surface area contributed by atoms with Gasteiger partial charge >= 0.3 is 5.97 Å². The van der Waals surface area contributed by atoms with Gasteiger partial charge in [-0.15, -0.1) is 0 Å². The normalized spacial score (nSPS) is 11.3. The minimum absolute atomic E-state index is 0.214. The minimum atomic E-state index is -0.962.